The Morgan fingerprint density at radius 3 is 2.23 bits per heavy atom. The smallest absolute Gasteiger partial charge is 0.0417 e. The van der Waals surface area contributed by atoms with Crippen LogP contribution in [0.15, 0.2) is 96.7 Å². The summed E-state index contributed by atoms with van der Waals surface area (Å²) >= 11 is 0. The van der Waals surface area contributed by atoms with Crippen molar-refractivity contribution in [3.63, 3.8) is 0 Å². The van der Waals surface area contributed by atoms with Crippen LogP contribution in [0, 0.1) is 0 Å². The Hall–Kier alpha value is -2.54. The fourth-order valence-electron chi connectivity index (χ4n) is 1.91. The molecule has 0 bridgehead atoms. The molecule has 0 atom stereocenters. The summed E-state index contributed by atoms with van der Waals surface area (Å²) in [6.07, 6.45) is 12.0. The topological polar surface area (TPSA) is 12.0 Å². The van der Waals surface area contributed by atoms with E-state index in [1.165, 1.54) is 5.57 Å². The summed E-state index contributed by atoms with van der Waals surface area (Å²) in [7, 11) is 1.94. The van der Waals surface area contributed by atoms with Crippen LogP contribution in [-0.2, 0) is 0 Å². The largest absolute Gasteiger partial charge is 0.388 e. The van der Waals surface area contributed by atoms with Gasteiger partial charge in [0.05, 0.1) is 0 Å². The van der Waals surface area contributed by atoms with Gasteiger partial charge >= 0.3 is 0 Å². The zero-order valence-electron chi connectivity index (χ0n) is 13.8. The van der Waals surface area contributed by atoms with E-state index in [4.69, 9.17) is 0 Å². The Morgan fingerprint density at radius 1 is 1.00 bits per heavy atom. The Kier molecular flexibility index (Phi) is 7.49. The summed E-state index contributed by atoms with van der Waals surface area (Å²) in [4.78, 5) is 0. The van der Waals surface area contributed by atoms with Crippen molar-refractivity contribution in [2.75, 3.05) is 7.05 Å². The predicted molar refractivity (Wildman–Crippen MR) is 99.5 cm³/mol. The first-order valence-electron chi connectivity index (χ1n) is 7.38. The molecule has 0 aliphatic heterocycles. The second-order valence-electron chi connectivity index (χ2n) is 5.00. The van der Waals surface area contributed by atoms with Crippen molar-refractivity contribution in [3.05, 3.63) is 102 Å². The first kappa shape index (κ1) is 17.5. The fraction of sp³-hybridized carbons (Fsp3) is 0.143. The van der Waals surface area contributed by atoms with Crippen molar-refractivity contribution in [2.24, 2.45) is 0 Å². The summed E-state index contributed by atoms with van der Waals surface area (Å²) in [6.45, 7) is 11.7. The Bertz CT molecular complexity index is 625. The van der Waals surface area contributed by atoms with E-state index >= 15 is 0 Å². The van der Waals surface area contributed by atoms with E-state index in [9.17, 15) is 0 Å². The highest BCUT2D eigenvalue weighted by atomic mass is 14.8. The van der Waals surface area contributed by atoms with Crippen LogP contribution >= 0.6 is 0 Å². The van der Waals surface area contributed by atoms with Gasteiger partial charge in [-0.05, 0) is 36.6 Å². The highest BCUT2D eigenvalue weighted by Crippen LogP contribution is 2.18. The molecule has 1 heteroatoms. The maximum absolute atomic E-state index is 3.82. The van der Waals surface area contributed by atoms with Gasteiger partial charge in [-0.1, -0.05) is 79.4 Å². The van der Waals surface area contributed by atoms with Crippen molar-refractivity contribution in [1.82, 2.24) is 5.32 Å². The van der Waals surface area contributed by atoms with E-state index in [0.29, 0.717) is 0 Å². The summed E-state index contributed by atoms with van der Waals surface area (Å²) in [5.41, 5.74) is 5.66. The molecule has 0 heterocycles. The number of rotatable bonds is 7. The summed E-state index contributed by atoms with van der Waals surface area (Å²) in [5.74, 6) is 0. The number of hydrogen-bond acceptors (Lipinski definition) is 1. The molecule has 114 valence electrons. The molecular formula is C21H25N. The maximum Gasteiger partial charge on any atom is 0.0417 e. The molecule has 1 nitrogen and oxygen atoms in total. The number of allylic oxidation sites excluding steroid dienone is 9. The van der Waals surface area contributed by atoms with Crippen LogP contribution in [0.25, 0.3) is 5.70 Å². The SMILES string of the molecule is C=CC=C(/C=C(\NC)c1ccccc1)/C(C)=C/C=C(/C)C=C. The second-order valence-corrected chi connectivity index (χ2v) is 5.00. The molecule has 0 aliphatic rings. The zero-order chi connectivity index (χ0) is 16.4. The highest BCUT2D eigenvalue weighted by molar-refractivity contribution is 5.68. The molecule has 0 saturated heterocycles. The third kappa shape index (κ3) is 5.45. The van der Waals surface area contributed by atoms with Gasteiger partial charge in [0.15, 0.2) is 0 Å². The minimum absolute atomic E-state index is 1.07. The van der Waals surface area contributed by atoms with Crippen LogP contribution in [0.1, 0.15) is 19.4 Å². The van der Waals surface area contributed by atoms with E-state index in [1.54, 1.807) is 0 Å². The lowest BCUT2D eigenvalue weighted by molar-refractivity contribution is 1.12. The average Bonchev–Trinajstić information content (AvgIpc) is 2.56. The first-order valence-corrected chi connectivity index (χ1v) is 7.38. The molecular weight excluding hydrogens is 266 g/mol. The van der Waals surface area contributed by atoms with E-state index in [0.717, 1.165) is 22.4 Å². The summed E-state index contributed by atoms with van der Waals surface area (Å²) < 4.78 is 0. The number of benzene rings is 1. The molecule has 0 radical (unpaired) electrons. The average molecular weight is 291 g/mol. The second kappa shape index (κ2) is 9.41. The summed E-state index contributed by atoms with van der Waals surface area (Å²) in [6, 6.07) is 10.3. The molecule has 0 unspecified atom stereocenters. The molecule has 0 aliphatic carbocycles. The first-order chi connectivity index (χ1) is 10.6. The van der Waals surface area contributed by atoms with Gasteiger partial charge in [-0.3, -0.25) is 0 Å². The van der Waals surface area contributed by atoms with Crippen molar-refractivity contribution >= 4 is 5.70 Å². The van der Waals surface area contributed by atoms with Gasteiger partial charge in [-0.25, -0.2) is 0 Å². The zero-order valence-corrected chi connectivity index (χ0v) is 13.8. The monoisotopic (exact) mass is 291 g/mol. The van der Waals surface area contributed by atoms with Gasteiger partial charge in [0, 0.05) is 12.7 Å². The normalized spacial score (nSPS) is 13.8. The van der Waals surface area contributed by atoms with Crippen LogP contribution < -0.4 is 5.32 Å². The van der Waals surface area contributed by atoms with Crippen LogP contribution in [0.2, 0.25) is 0 Å². The predicted octanol–water partition coefficient (Wildman–Crippen LogP) is 5.44. The van der Waals surface area contributed by atoms with Gasteiger partial charge in [0.25, 0.3) is 0 Å². The Morgan fingerprint density at radius 2 is 1.68 bits per heavy atom. The molecule has 0 fully saturated rings. The molecule has 0 saturated carbocycles. The Labute approximate surface area is 134 Å². The van der Waals surface area contributed by atoms with E-state index in [1.807, 2.05) is 50.4 Å². The minimum atomic E-state index is 1.07. The molecule has 0 amide bonds. The van der Waals surface area contributed by atoms with E-state index in [-0.39, 0.29) is 0 Å². The van der Waals surface area contributed by atoms with Crippen LogP contribution in [0.5, 0.6) is 0 Å². The van der Waals surface area contributed by atoms with Crippen molar-refractivity contribution < 1.29 is 0 Å². The van der Waals surface area contributed by atoms with Gasteiger partial charge < -0.3 is 5.32 Å². The maximum atomic E-state index is 3.82. The fourth-order valence-corrected chi connectivity index (χ4v) is 1.91. The quantitative estimate of drug-likeness (QED) is 0.660. The van der Waals surface area contributed by atoms with Gasteiger partial charge in [-0.15, -0.1) is 0 Å². The molecule has 1 N–H and O–H groups in total. The van der Waals surface area contributed by atoms with Gasteiger partial charge in [-0.2, -0.15) is 0 Å². The number of hydrogen-bond donors (Lipinski definition) is 1. The highest BCUT2D eigenvalue weighted by Gasteiger charge is 2.01. The molecule has 1 aromatic carbocycles. The van der Waals surface area contributed by atoms with Gasteiger partial charge in [0.1, 0.15) is 0 Å². The minimum Gasteiger partial charge on any atom is -0.388 e. The van der Waals surface area contributed by atoms with Crippen LogP contribution in [0.4, 0.5) is 0 Å². The molecule has 1 aromatic rings. The number of nitrogens with one attached hydrogen (secondary N) is 1. The van der Waals surface area contributed by atoms with Crippen LogP contribution in [-0.4, -0.2) is 7.05 Å². The lowest BCUT2D eigenvalue weighted by atomic mass is 10.0. The van der Waals surface area contributed by atoms with E-state index in [2.05, 4.69) is 55.8 Å². The Balaban J connectivity index is 3.20. The lowest BCUT2D eigenvalue weighted by Gasteiger charge is -2.09. The van der Waals surface area contributed by atoms with Crippen molar-refractivity contribution in [2.45, 2.75) is 13.8 Å². The molecule has 22 heavy (non-hydrogen) atoms. The standard InChI is InChI=1S/C21H25N/c1-6-11-20(18(4)15-14-17(3)7-2)16-21(22-5)19-12-9-8-10-13-19/h6-16,22H,1-2H2,3-5H3/b17-14-,18-15+,20-11?,21-16-. The van der Waals surface area contributed by atoms with Crippen molar-refractivity contribution in [3.8, 4) is 0 Å². The third-order valence-electron chi connectivity index (χ3n) is 3.32. The third-order valence-corrected chi connectivity index (χ3v) is 3.32. The van der Waals surface area contributed by atoms with E-state index < -0.39 is 0 Å². The van der Waals surface area contributed by atoms with Crippen LogP contribution in [0.3, 0.4) is 0 Å². The molecule has 1 rings (SSSR count). The lowest BCUT2D eigenvalue weighted by Crippen LogP contribution is -2.05. The molecule has 0 aromatic heterocycles. The van der Waals surface area contributed by atoms with Gasteiger partial charge in [0.2, 0.25) is 0 Å². The van der Waals surface area contributed by atoms with Crippen molar-refractivity contribution in [1.29, 1.82) is 0 Å². The molecule has 0 spiro atoms. The summed E-state index contributed by atoms with van der Waals surface area (Å²) in [5, 5.41) is 3.27.